The highest BCUT2D eigenvalue weighted by Crippen LogP contribution is 2.07. The van der Waals surface area contributed by atoms with Gasteiger partial charge in [0.2, 0.25) is 0 Å². The molecule has 0 aromatic heterocycles. The standard InChI is InChI=1S/C7H15IN2/c1-9-3-4-10(2)7(5-8)6-9/h7H,3-6H2,1-2H3. The maximum absolute atomic E-state index is 2.46. The Labute approximate surface area is 76.7 Å². The van der Waals surface area contributed by atoms with Crippen molar-refractivity contribution >= 4 is 22.6 Å². The minimum atomic E-state index is 0.777. The summed E-state index contributed by atoms with van der Waals surface area (Å²) in [5.41, 5.74) is 0. The molecule has 0 aliphatic carbocycles. The Balaban J connectivity index is 2.38. The summed E-state index contributed by atoms with van der Waals surface area (Å²) in [4.78, 5) is 4.86. The molecule has 1 fully saturated rings. The molecule has 1 aliphatic rings. The molecule has 1 rings (SSSR count). The first-order valence-electron chi connectivity index (χ1n) is 3.69. The highest BCUT2D eigenvalue weighted by atomic mass is 127. The predicted octanol–water partition coefficient (Wildman–Crippen LogP) is 0.667. The van der Waals surface area contributed by atoms with Gasteiger partial charge in [0.25, 0.3) is 0 Å². The van der Waals surface area contributed by atoms with Gasteiger partial charge >= 0.3 is 0 Å². The zero-order valence-corrected chi connectivity index (χ0v) is 8.84. The molecule has 1 aliphatic heterocycles. The summed E-state index contributed by atoms with van der Waals surface area (Å²) in [6, 6.07) is 0.777. The van der Waals surface area contributed by atoms with E-state index in [1.807, 2.05) is 0 Å². The van der Waals surface area contributed by atoms with Crippen molar-refractivity contribution in [1.29, 1.82) is 0 Å². The van der Waals surface area contributed by atoms with Crippen molar-refractivity contribution in [1.82, 2.24) is 9.80 Å². The Morgan fingerprint density at radius 2 is 2.10 bits per heavy atom. The van der Waals surface area contributed by atoms with Crippen LogP contribution in [-0.4, -0.2) is 54.0 Å². The molecule has 60 valence electrons. The molecule has 0 spiro atoms. The van der Waals surface area contributed by atoms with Gasteiger partial charge in [-0.2, -0.15) is 0 Å². The fourth-order valence-electron chi connectivity index (χ4n) is 1.27. The number of piperazine rings is 1. The van der Waals surface area contributed by atoms with Crippen LogP contribution in [0.4, 0.5) is 0 Å². The fourth-order valence-corrected chi connectivity index (χ4v) is 2.22. The number of hydrogen-bond acceptors (Lipinski definition) is 2. The van der Waals surface area contributed by atoms with Crippen LogP contribution in [0, 0.1) is 0 Å². The first-order valence-corrected chi connectivity index (χ1v) is 5.21. The summed E-state index contributed by atoms with van der Waals surface area (Å²) in [6.07, 6.45) is 0. The highest BCUT2D eigenvalue weighted by molar-refractivity contribution is 14.1. The molecule has 0 radical (unpaired) electrons. The van der Waals surface area contributed by atoms with Crippen LogP contribution in [-0.2, 0) is 0 Å². The van der Waals surface area contributed by atoms with Gasteiger partial charge in [-0.05, 0) is 14.1 Å². The van der Waals surface area contributed by atoms with Crippen LogP contribution in [0.3, 0.4) is 0 Å². The van der Waals surface area contributed by atoms with E-state index in [4.69, 9.17) is 0 Å². The Morgan fingerprint density at radius 3 is 2.60 bits per heavy atom. The molecule has 0 aromatic rings. The number of rotatable bonds is 1. The lowest BCUT2D eigenvalue weighted by atomic mass is 10.2. The third kappa shape index (κ3) is 2.07. The molecule has 0 amide bonds. The van der Waals surface area contributed by atoms with Gasteiger partial charge in [-0.25, -0.2) is 0 Å². The normalized spacial score (nSPS) is 30.9. The van der Waals surface area contributed by atoms with Crippen molar-refractivity contribution in [3.05, 3.63) is 0 Å². The molecule has 1 heterocycles. The fraction of sp³-hybridized carbons (Fsp3) is 1.00. The maximum Gasteiger partial charge on any atom is 0.0310 e. The molecule has 2 nitrogen and oxygen atoms in total. The number of halogens is 1. The van der Waals surface area contributed by atoms with E-state index in [0.717, 1.165) is 6.04 Å². The van der Waals surface area contributed by atoms with Crippen LogP contribution >= 0.6 is 22.6 Å². The van der Waals surface area contributed by atoms with Gasteiger partial charge in [-0.15, -0.1) is 0 Å². The van der Waals surface area contributed by atoms with Crippen LogP contribution in [0.25, 0.3) is 0 Å². The maximum atomic E-state index is 2.46. The third-order valence-electron chi connectivity index (χ3n) is 2.16. The quantitative estimate of drug-likeness (QED) is 0.501. The summed E-state index contributed by atoms with van der Waals surface area (Å²) in [6.45, 7) is 3.69. The summed E-state index contributed by atoms with van der Waals surface area (Å²) in [5.74, 6) is 0. The first kappa shape index (κ1) is 8.74. The lowest BCUT2D eigenvalue weighted by Crippen LogP contribution is -2.50. The molecule has 1 saturated heterocycles. The molecule has 10 heavy (non-hydrogen) atoms. The monoisotopic (exact) mass is 254 g/mol. The number of likely N-dealkylation sites (N-methyl/N-ethyl adjacent to an activating group) is 2. The third-order valence-corrected chi connectivity index (χ3v) is 3.18. The lowest BCUT2D eigenvalue weighted by Gasteiger charge is -2.36. The van der Waals surface area contributed by atoms with Crippen LogP contribution in [0.15, 0.2) is 0 Å². The van der Waals surface area contributed by atoms with Gasteiger partial charge in [0.15, 0.2) is 0 Å². The summed E-state index contributed by atoms with van der Waals surface area (Å²) < 4.78 is 1.25. The minimum absolute atomic E-state index is 0.777. The van der Waals surface area contributed by atoms with Crippen molar-refractivity contribution in [2.24, 2.45) is 0 Å². The smallest absolute Gasteiger partial charge is 0.0310 e. The van der Waals surface area contributed by atoms with Crippen LogP contribution < -0.4 is 0 Å². The van der Waals surface area contributed by atoms with Gasteiger partial charge in [-0.1, -0.05) is 22.6 Å². The SMILES string of the molecule is CN1CCN(C)C(CI)C1. The molecule has 0 saturated carbocycles. The Morgan fingerprint density at radius 1 is 1.40 bits per heavy atom. The molecular formula is C7H15IN2. The lowest BCUT2D eigenvalue weighted by molar-refractivity contribution is 0.130. The van der Waals surface area contributed by atoms with Crippen molar-refractivity contribution in [2.75, 3.05) is 38.2 Å². The second-order valence-electron chi connectivity index (χ2n) is 3.05. The Hall–Kier alpha value is 0.650. The van der Waals surface area contributed by atoms with Crippen LogP contribution in [0.2, 0.25) is 0 Å². The minimum Gasteiger partial charge on any atom is -0.304 e. The predicted molar refractivity (Wildman–Crippen MR) is 52.8 cm³/mol. The summed E-state index contributed by atoms with van der Waals surface area (Å²) >= 11 is 2.46. The van der Waals surface area contributed by atoms with Gasteiger partial charge in [0.05, 0.1) is 0 Å². The van der Waals surface area contributed by atoms with Gasteiger partial charge in [0, 0.05) is 30.1 Å². The van der Waals surface area contributed by atoms with Crippen molar-refractivity contribution < 1.29 is 0 Å². The Kier molecular flexibility index (Phi) is 3.39. The van der Waals surface area contributed by atoms with Crippen molar-refractivity contribution in [3.8, 4) is 0 Å². The second kappa shape index (κ2) is 3.88. The Bertz CT molecular complexity index is 108. The summed E-state index contributed by atoms with van der Waals surface area (Å²) in [5, 5.41) is 0. The van der Waals surface area contributed by atoms with Gasteiger partial charge in [-0.3, -0.25) is 0 Å². The zero-order valence-electron chi connectivity index (χ0n) is 6.68. The molecule has 0 N–H and O–H groups in total. The van der Waals surface area contributed by atoms with Crippen LogP contribution in [0.1, 0.15) is 0 Å². The van der Waals surface area contributed by atoms with E-state index in [0.29, 0.717) is 0 Å². The second-order valence-corrected chi connectivity index (χ2v) is 3.93. The van der Waals surface area contributed by atoms with E-state index in [1.165, 1.54) is 24.1 Å². The zero-order chi connectivity index (χ0) is 7.56. The molecule has 1 unspecified atom stereocenters. The molecule has 1 atom stereocenters. The van der Waals surface area contributed by atoms with E-state index in [-0.39, 0.29) is 0 Å². The average molecular weight is 254 g/mol. The van der Waals surface area contributed by atoms with E-state index in [2.05, 4.69) is 46.5 Å². The summed E-state index contributed by atoms with van der Waals surface area (Å²) in [7, 11) is 4.42. The van der Waals surface area contributed by atoms with E-state index in [1.54, 1.807) is 0 Å². The van der Waals surface area contributed by atoms with E-state index >= 15 is 0 Å². The van der Waals surface area contributed by atoms with Crippen molar-refractivity contribution in [3.63, 3.8) is 0 Å². The number of nitrogens with zero attached hydrogens (tertiary/aromatic N) is 2. The molecule has 0 bridgehead atoms. The largest absolute Gasteiger partial charge is 0.304 e. The molecule has 0 aromatic carbocycles. The number of hydrogen-bond donors (Lipinski definition) is 0. The van der Waals surface area contributed by atoms with E-state index in [9.17, 15) is 0 Å². The molecule has 3 heteroatoms. The number of alkyl halides is 1. The van der Waals surface area contributed by atoms with Gasteiger partial charge < -0.3 is 9.80 Å². The highest BCUT2D eigenvalue weighted by Gasteiger charge is 2.20. The first-order chi connectivity index (χ1) is 4.74. The molecular weight excluding hydrogens is 239 g/mol. The van der Waals surface area contributed by atoms with E-state index < -0.39 is 0 Å². The van der Waals surface area contributed by atoms with Gasteiger partial charge in [0.1, 0.15) is 0 Å². The average Bonchev–Trinajstić information content (AvgIpc) is 1.94. The van der Waals surface area contributed by atoms with Crippen molar-refractivity contribution in [2.45, 2.75) is 6.04 Å². The topological polar surface area (TPSA) is 6.48 Å². The van der Waals surface area contributed by atoms with Crippen LogP contribution in [0.5, 0.6) is 0 Å².